The van der Waals surface area contributed by atoms with Crippen LogP contribution in [0.4, 0.5) is 4.39 Å². The van der Waals surface area contributed by atoms with Gasteiger partial charge >= 0.3 is 0 Å². The molecule has 1 aromatic carbocycles. The monoisotopic (exact) mass is 489 g/mol. The largest absolute Gasteiger partial charge is 0.352 e. The maximum atomic E-state index is 14.3. The second kappa shape index (κ2) is 9.97. The summed E-state index contributed by atoms with van der Waals surface area (Å²) in [4.78, 5) is 21.6. The van der Waals surface area contributed by atoms with E-state index in [2.05, 4.69) is 34.2 Å². The van der Waals surface area contributed by atoms with Gasteiger partial charge in [0.15, 0.2) is 0 Å². The molecule has 0 saturated heterocycles. The first kappa shape index (κ1) is 24.0. The fourth-order valence-electron chi connectivity index (χ4n) is 4.55. The molecular weight excluding hydrogens is 461 g/mol. The summed E-state index contributed by atoms with van der Waals surface area (Å²) >= 11 is 7.53. The molecule has 0 aliphatic heterocycles. The van der Waals surface area contributed by atoms with Gasteiger partial charge < -0.3 is 5.32 Å². The van der Waals surface area contributed by atoms with Gasteiger partial charge in [0.05, 0.1) is 5.75 Å². The van der Waals surface area contributed by atoms with Crippen LogP contribution in [-0.4, -0.2) is 37.3 Å². The van der Waals surface area contributed by atoms with E-state index < -0.39 is 0 Å². The Labute approximate surface area is 202 Å². The topological polar surface area (TPSA) is 72.2 Å². The summed E-state index contributed by atoms with van der Waals surface area (Å²) in [6, 6.07) is 4.91. The average molecular weight is 490 g/mol. The van der Waals surface area contributed by atoms with E-state index in [4.69, 9.17) is 11.6 Å². The number of aryl methyl sites for hydroxylation is 2. The van der Waals surface area contributed by atoms with Gasteiger partial charge in [-0.2, -0.15) is 4.98 Å². The van der Waals surface area contributed by atoms with Gasteiger partial charge in [-0.1, -0.05) is 56.1 Å². The Balaban J connectivity index is 1.48. The first-order chi connectivity index (χ1) is 15.7. The van der Waals surface area contributed by atoms with E-state index in [1.807, 2.05) is 13.8 Å². The predicted molar refractivity (Wildman–Crippen MR) is 129 cm³/mol. The molecule has 1 aliphatic rings. The molecule has 3 atom stereocenters. The SMILES string of the molecule is Cc1nc2nc(SCC(=O)N[C@@H]3CCC[C@H](C)[C@@H]3C)nn2c(C)c1Cc1c(F)cccc1Cl. The Morgan fingerprint density at radius 2 is 2.03 bits per heavy atom. The molecule has 1 amide bonds. The molecule has 2 heterocycles. The van der Waals surface area contributed by atoms with Crippen LogP contribution in [0, 0.1) is 31.5 Å². The molecule has 33 heavy (non-hydrogen) atoms. The van der Waals surface area contributed by atoms with Crippen LogP contribution >= 0.6 is 23.4 Å². The van der Waals surface area contributed by atoms with Gasteiger partial charge in [-0.15, -0.1) is 5.10 Å². The van der Waals surface area contributed by atoms with Crippen molar-refractivity contribution in [2.75, 3.05) is 5.75 Å². The van der Waals surface area contributed by atoms with E-state index in [0.29, 0.717) is 39.8 Å². The van der Waals surface area contributed by atoms with Crippen LogP contribution in [0.3, 0.4) is 0 Å². The first-order valence-electron chi connectivity index (χ1n) is 11.3. The highest BCUT2D eigenvalue weighted by Gasteiger charge is 2.28. The second-order valence-corrected chi connectivity index (χ2v) is 10.3. The lowest BCUT2D eigenvalue weighted by Crippen LogP contribution is -2.44. The van der Waals surface area contributed by atoms with Crippen LogP contribution in [-0.2, 0) is 11.2 Å². The van der Waals surface area contributed by atoms with Gasteiger partial charge in [-0.3, -0.25) is 4.79 Å². The molecule has 1 N–H and O–H groups in total. The number of thioether (sulfide) groups is 1. The van der Waals surface area contributed by atoms with E-state index in [1.165, 1.54) is 24.2 Å². The molecule has 0 radical (unpaired) electrons. The number of hydrogen-bond acceptors (Lipinski definition) is 5. The molecule has 9 heteroatoms. The number of carbonyl (C=O) groups excluding carboxylic acids is 1. The van der Waals surface area contributed by atoms with Crippen molar-refractivity contribution in [2.24, 2.45) is 11.8 Å². The Bertz CT molecular complexity index is 1160. The first-order valence-corrected chi connectivity index (χ1v) is 12.7. The minimum absolute atomic E-state index is 0.000511. The zero-order valence-corrected chi connectivity index (χ0v) is 20.9. The second-order valence-electron chi connectivity index (χ2n) is 8.97. The fourth-order valence-corrected chi connectivity index (χ4v) is 5.41. The normalized spacial score (nSPS) is 20.8. The van der Waals surface area contributed by atoms with Crippen LogP contribution in [0.5, 0.6) is 0 Å². The zero-order chi connectivity index (χ0) is 23.7. The lowest BCUT2D eigenvalue weighted by Gasteiger charge is -2.34. The third-order valence-corrected chi connectivity index (χ3v) is 8.02. The number of nitrogens with zero attached hydrogens (tertiary/aromatic N) is 4. The average Bonchev–Trinajstić information content (AvgIpc) is 3.18. The van der Waals surface area contributed by atoms with E-state index in [0.717, 1.165) is 29.8 Å². The van der Waals surface area contributed by atoms with Crippen molar-refractivity contribution in [1.29, 1.82) is 0 Å². The molecular formula is C24H29ClFN5OS. The third kappa shape index (κ3) is 5.17. The lowest BCUT2D eigenvalue weighted by molar-refractivity contribution is -0.120. The molecule has 6 nitrogen and oxygen atoms in total. The van der Waals surface area contributed by atoms with Crippen molar-refractivity contribution in [1.82, 2.24) is 24.9 Å². The summed E-state index contributed by atoms with van der Waals surface area (Å²) in [7, 11) is 0. The number of fused-ring (bicyclic) bond motifs is 1. The Morgan fingerprint density at radius 3 is 2.79 bits per heavy atom. The Kier molecular flexibility index (Phi) is 7.24. The van der Waals surface area contributed by atoms with E-state index in [-0.39, 0.29) is 23.5 Å². The molecule has 1 saturated carbocycles. The van der Waals surface area contributed by atoms with E-state index in [9.17, 15) is 9.18 Å². The molecule has 0 spiro atoms. The Morgan fingerprint density at radius 1 is 1.24 bits per heavy atom. The molecule has 0 bridgehead atoms. The molecule has 4 rings (SSSR count). The fraction of sp³-hybridized carbons (Fsp3) is 0.500. The van der Waals surface area contributed by atoms with Crippen LogP contribution in [0.15, 0.2) is 23.4 Å². The Hall–Kier alpha value is -2.19. The summed E-state index contributed by atoms with van der Waals surface area (Å²) in [5.74, 6) is 1.49. The van der Waals surface area contributed by atoms with Gasteiger partial charge in [0.25, 0.3) is 5.78 Å². The van der Waals surface area contributed by atoms with Gasteiger partial charge in [0.1, 0.15) is 5.82 Å². The van der Waals surface area contributed by atoms with Crippen molar-refractivity contribution in [2.45, 2.75) is 64.6 Å². The molecule has 176 valence electrons. The van der Waals surface area contributed by atoms with Crippen LogP contribution in [0.2, 0.25) is 5.02 Å². The summed E-state index contributed by atoms with van der Waals surface area (Å²) in [5, 5.41) is 8.61. The van der Waals surface area contributed by atoms with Crippen LogP contribution in [0.25, 0.3) is 5.78 Å². The molecule has 2 aromatic heterocycles. The quantitative estimate of drug-likeness (QED) is 0.484. The van der Waals surface area contributed by atoms with E-state index in [1.54, 1.807) is 16.6 Å². The van der Waals surface area contributed by atoms with Crippen molar-refractivity contribution in [3.05, 3.63) is 51.6 Å². The van der Waals surface area contributed by atoms with Crippen molar-refractivity contribution in [3.63, 3.8) is 0 Å². The summed E-state index contributed by atoms with van der Waals surface area (Å²) < 4.78 is 16.0. The minimum Gasteiger partial charge on any atom is -0.352 e. The summed E-state index contributed by atoms with van der Waals surface area (Å²) in [6.07, 6.45) is 3.73. The van der Waals surface area contributed by atoms with Crippen molar-refractivity contribution >= 4 is 35.0 Å². The number of aromatic nitrogens is 4. The number of hydrogen-bond donors (Lipinski definition) is 1. The highest BCUT2D eigenvalue weighted by Crippen LogP contribution is 2.30. The zero-order valence-electron chi connectivity index (χ0n) is 19.4. The summed E-state index contributed by atoms with van der Waals surface area (Å²) in [6.45, 7) is 8.25. The summed E-state index contributed by atoms with van der Waals surface area (Å²) in [5.41, 5.74) is 2.87. The van der Waals surface area contributed by atoms with Crippen molar-refractivity contribution in [3.8, 4) is 0 Å². The van der Waals surface area contributed by atoms with Gasteiger partial charge in [0, 0.05) is 34.4 Å². The third-order valence-electron chi connectivity index (χ3n) is 6.83. The highest BCUT2D eigenvalue weighted by molar-refractivity contribution is 7.99. The van der Waals surface area contributed by atoms with Crippen LogP contribution < -0.4 is 5.32 Å². The molecule has 0 unspecified atom stereocenters. The maximum absolute atomic E-state index is 14.3. The number of nitrogens with one attached hydrogen (secondary N) is 1. The maximum Gasteiger partial charge on any atom is 0.253 e. The van der Waals surface area contributed by atoms with Crippen LogP contribution in [0.1, 0.15) is 55.6 Å². The van der Waals surface area contributed by atoms with Crippen molar-refractivity contribution < 1.29 is 9.18 Å². The molecule has 3 aromatic rings. The predicted octanol–water partition coefficient (Wildman–Crippen LogP) is 5.16. The van der Waals surface area contributed by atoms with Gasteiger partial charge in [-0.05, 0) is 49.8 Å². The number of benzene rings is 1. The highest BCUT2D eigenvalue weighted by atomic mass is 35.5. The lowest BCUT2D eigenvalue weighted by atomic mass is 9.78. The number of rotatable bonds is 6. The number of halogens is 2. The van der Waals surface area contributed by atoms with E-state index >= 15 is 0 Å². The smallest absolute Gasteiger partial charge is 0.253 e. The number of amides is 1. The number of carbonyl (C=O) groups is 1. The van der Waals surface area contributed by atoms with Gasteiger partial charge in [0.2, 0.25) is 11.1 Å². The van der Waals surface area contributed by atoms with Gasteiger partial charge in [-0.25, -0.2) is 13.9 Å². The minimum atomic E-state index is -0.344. The standard InChI is InChI=1S/C24H29ClFN5OS/c1-13-7-5-10-21(14(13)2)28-22(32)12-33-24-29-23-27-15(3)17(16(4)31(23)30-24)11-18-19(25)8-6-9-20(18)26/h6,8-9,13-14,21H,5,7,10-12H2,1-4H3,(H,28,32)/t13-,14-,21+/m0/s1. The molecule has 1 aliphatic carbocycles. The molecule has 1 fully saturated rings.